The van der Waals surface area contributed by atoms with Gasteiger partial charge in [-0.1, -0.05) is 11.6 Å². The number of aromatic nitrogens is 3. The van der Waals surface area contributed by atoms with Crippen molar-refractivity contribution in [3.63, 3.8) is 0 Å². The van der Waals surface area contributed by atoms with Crippen LogP contribution in [0, 0.1) is 10.1 Å². The van der Waals surface area contributed by atoms with E-state index in [-0.39, 0.29) is 22.5 Å². The largest absolute Gasteiger partial charge is 0.358 e. The van der Waals surface area contributed by atoms with E-state index in [4.69, 9.17) is 11.6 Å². The van der Waals surface area contributed by atoms with Crippen molar-refractivity contribution in [2.24, 2.45) is 7.05 Å². The molecule has 2 aromatic rings. The summed E-state index contributed by atoms with van der Waals surface area (Å²) in [5.41, 5.74) is 0.142. The Morgan fingerprint density at radius 3 is 2.63 bits per heavy atom. The highest BCUT2D eigenvalue weighted by molar-refractivity contribution is 6.29. The Morgan fingerprint density at radius 1 is 1.37 bits per heavy atom. The van der Waals surface area contributed by atoms with Crippen LogP contribution in [0.3, 0.4) is 0 Å². The number of rotatable bonds is 3. The zero-order valence-corrected chi connectivity index (χ0v) is 10.5. The molecule has 0 fully saturated rings. The first kappa shape index (κ1) is 13.0. The van der Waals surface area contributed by atoms with E-state index in [0.29, 0.717) is 0 Å². The lowest BCUT2D eigenvalue weighted by Crippen LogP contribution is -2.17. The number of hydrogen-bond donors (Lipinski definition) is 1. The molecule has 0 saturated carbocycles. The molecular weight excluding hydrogens is 274 g/mol. The highest BCUT2D eigenvalue weighted by Crippen LogP contribution is 2.16. The molecule has 0 aliphatic carbocycles. The highest BCUT2D eigenvalue weighted by atomic mass is 35.5. The number of nitrogens with zero attached hydrogens (tertiary/aromatic N) is 4. The zero-order chi connectivity index (χ0) is 14.0. The van der Waals surface area contributed by atoms with Gasteiger partial charge in [0, 0.05) is 6.07 Å². The summed E-state index contributed by atoms with van der Waals surface area (Å²) in [6.07, 6.45) is 0. The second-order valence-corrected chi connectivity index (χ2v) is 3.98. The molecular formula is C10H8ClN5O3. The first-order valence-corrected chi connectivity index (χ1v) is 5.47. The molecule has 0 aliphatic heterocycles. The molecule has 98 valence electrons. The molecule has 1 amide bonds. The van der Waals surface area contributed by atoms with Crippen LogP contribution in [0.1, 0.15) is 10.5 Å². The molecule has 19 heavy (non-hydrogen) atoms. The molecule has 0 radical (unpaired) electrons. The summed E-state index contributed by atoms with van der Waals surface area (Å²) in [4.78, 5) is 22.0. The van der Waals surface area contributed by atoms with Gasteiger partial charge in [-0.25, -0.2) is 4.57 Å². The molecule has 0 unspecified atom stereocenters. The van der Waals surface area contributed by atoms with E-state index < -0.39 is 10.8 Å². The molecule has 8 nitrogen and oxygen atoms in total. The van der Waals surface area contributed by atoms with Gasteiger partial charge in [-0.05, 0) is 23.1 Å². The van der Waals surface area contributed by atoms with E-state index in [9.17, 15) is 14.9 Å². The number of amides is 1. The van der Waals surface area contributed by atoms with E-state index >= 15 is 0 Å². The Bertz CT molecular complexity index is 637. The van der Waals surface area contributed by atoms with Crippen molar-refractivity contribution >= 4 is 29.1 Å². The first-order valence-electron chi connectivity index (χ1n) is 5.09. The van der Waals surface area contributed by atoms with Crippen LogP contribution in [-0.2, 0) is 7.05 Å². The molecule has 0 bridgehead atoms. The average molecular weight is 282 g/mol. The van der Waals surface area contributed by atoms with Gasteiger partial charge in [-0.15, -0.1) is 10.2 Å². The van der Waals surface area contributed by atoms with Gasteiger partial charge in [0.05, 0.1) is 7.05 Å². The third-order valence-corrected chi connectivity index (χ3v) is 2.59. The van der Waals surface area contributed by atoms with Gasteiger partial charge in [-0.2, -0.15) is 0 Å². The van der Waals surface area contributed by atoms with Gasteiger partial charge < -0.3 is 15.4 Å². The quantitative estimate of drug-likeness (QED) is 0.680. The van der Waals surface area contributed by atoms with Gasteiger partial charge >= 0.3 is 5.82 Å². The van der Waals surface area contributed by atoms with Gasteiger partial charge in [0.2, 0.25) is 0 Å². The summed E-state index contributed by atoms with van der Waals surface area (Å²) in [7, 11) is 1.43. The fourth-order valence-electron chi connectivity index (χ4n) is 1.47. The monoisotopic (exact) mass is 281 g/mol. The Balaban J connectivity index is 2.21. The van der Waals surface area contributed by atoms with Crippen LogP contribution in [0.2, 0.25) is 5.15 Å². The third-order valence-electron chi connectivity index (χ3n) is 2.39. The van der Waals surface area contributed by atoms with Gasteiger partial charge in [0.1, 0.15) is 0 Å². The summed E-state index contributed by atoms with van der Waals surface area (Å²) in [5, 5.41) is 20.6. The molecule has 0 spiro atoms. The van der Waals surface area contributed by atoms with Crippen molar-refractivity contribution in [2.45, 2.75) is 0 Å². The zero-order valence-electron chi connectivity index (χ0n) is 9.70. The molecule has 2 aromatic heterocycles. The van der Waals surface area contributed by atoms with Crippen LogP contribution in [0.25, 0.3) is 0 Å². The minimum atomic E-state index is -0.571. The Labute approximate surface area is 112 Å². The molecule has 2 rings (SSSR count). The summed E-state index contributed by atoms with van der Waals surface area (Å²) in [5.74, 6) is -0.488. The second kappa shape index (κ2) is 5.02. The molecule has 0 saturated heterocycles. The highest BCUT2D eigenvalue weighted by Gasteiger charge is 2.20. The maximum Gasteiger partial charge on any atom is 0.323 e. The number of nitrogens with one attached hydrogen (secondary N) is 1. The minimum absolute atomic E-state index is 0.142. The molecule has 9 heteroatoms. The standard InChI is InChI=1S/C10H8ClN5O3/c1-15-6(2-5-9(15)16(18)19)10(17)12-8-4-3-7(11)13-14-8/h2-5H,1H3,(H,12,14,17). The summed E-state index contributed by atoms with van der Waals surface area (Å²) < 4.78 is 1.18. The lowest BCUT2D eigenvalue weighted by molar-refractivity contribution is -0.391. The van der Waals surface area contributed by atoms with Crippen LogP contribution in [0.5, 0.6) is 0 Å². The predicted molar refractivity (Wildman–Crippen MR) is 67.1 cm³/mol. The van der Waals surface area contributed by atoms with E-state index in [0.717, 1.165) is 0 Å². The van der Waals surface area contributed by atoms with Crippen molar-refractivity contribution in [1.82, 2.24) is 14.8 Å². The number of nitro groups is 1. The number of anilines is 1. The summed E-state index contributed by atoms with van der Waals surface area (Å²) in [6.45, 7) is 0. The van der Waals surface area contributed by atoms with Crippen LogP contribution in [0.4, 0.5) is 11.6 Å². The van der Waals surface area contributed by atoms with E-state index in [1.807, 2.05) is 0 Å². The number of hydrogen-bond acceptors (Lipinski definition) is 5. The smallest absolute Gasteiger partial charge is 0.323 e. The molecule has 1 N–H and O–H groups in total. The van der Waals surface area contributed by atoms with Crippen molar-refractivity contribution in [3.05, 3.63) is 45.2 Å². The lowest BCUT2D eigenvalue weighted by Gasteiger charge is -2.02. The fraction of sp³-hybridized carbons (Fsp3) is 0.100. The second-order valence-electron chi connectivity index (χ2n) is 3.59. The molecule has 0 atom stereocenters. The topological polar surface area (TPSA) is 103 Å². The number of carbonyl (C=O) groups excluding carboxylic acids is 1. The minimum Gasteiger partial charge on any atom is -0.358 e. The summed E-state index contributed by atoms with van der Waals surface area (Å²) in [6, 6.07) is 5.56. The van der Waals surface area contributed by atoms with E-state index in [1.165, 1.54) is 35.9 Å². The first-order chi connectivity index (χ1) is 8.99. The van der Waals surface area contributed by atoms with Crippen LogP contribution < -0.4 is 5.32 Å². The van der Waals surface area contributed by atoms with Gasteiger partial charge in [0.25, 0.3) is 5.91 Å². The van der Waals surface area contributed by atoms with Gasteiger partial charge in [-0.3, -0.25) is 4.79 Å². The van der Waals surface area contributed by atoms with Gasteiger partial charge in [0.15, 0.2) is 16.7 Å². The maximum absolute atomic E-state index is 11.9. The van der Waals surface area contributed by atoms with Crippen LogP contribution >= 0.6 is 11.6 Å². The molecule has 2 heterocycles. The Hall–Kier alpha value is -2.48. The van der Waals surface area contributed by atoms with E-state index in [1.54, 1.807) is 0 Å². The number of halogens is 1. The maximum atomic E-state index is 11.9. The SMILES string of the molecule is Cn1c(C(=O)Nc2ccc(Cl)nn2)ccc1[N+](=O)[O-]. The average Bonchev–Trinajstić information content (AvgIpc) is 2.74. The van der Waals surface area contributed by atoms with Crippen LogP contribution in [-0.4, -0.2) is 25.6 Å². The third kappa shape index (κ3) is 2.68. The Kier molecular flexibility index (Phi) is 3.43. The van der Waals surface area contributed by atoms with Crippen molar-refractivity contribution in [1.29, 1.82) is 0 Å². The molecule has 0 aromatic carbocycles. The molecule has 0 aliphatic rings. The lowest BCUT2D eigenvalue weighted by atomic mass is 10.4. The predicted octanol–water partition coefficient (Wildman–Crippen LogP) is 1.63. The summed E-state index contributed by atoms with van der Waals surface area (Å²) >= 11 is 5.56. The van der Waals surface area contributed by atoms with Crippen molar-refractivity contribution in [3.8, 4) is 0 Å². The number of carbonyl (C=O) groups is 1. The Morgan fingerprint density at radius 2 is 2.11 bits per heavy atom. The normalized spacial score (nSPS) is 10.2. The van der Waals surface area contributed by atoms with E-state index in [2.05, 4.69) is 15.5 Å². The van der Waals surface area contributed by atoms with Crippen LogP contribution in [0.15, 0.2) is 24.3 Å². The fourth-order valence-corrected chi connectivity index (χ4v) is 1.58. The van der Waals surface area contributed by atoms with Crippen molar-refractivity contribution < 1.29 is 9.72 Å². The van der Waals surface area contributed by atoms with Crippen molar-refractivity contribution in [2.75, 3.05) is 5.32 Å².